The molecule has 0 bridgehead atoms. The van der Waals surface area contributed by atoms with Crippen molar-refractivity contribution in [3.63, 3.8) is 0 Å². The van der Waals surface area contributed by atoms with Crippen molar-refractivity contribution in [2.24, 2.45) is 0 Å². The van der Waals surface area contributed by atoms with Gasteiger partial charge in [0.05, 0.1) is 11.0 Å². The van der Waals surface area contributed by atoms with Crippen molar-refractivity contribution < 1.29 is 4.79 Å². The van der Waals surface area contributed by atoms with E-state index in [-0.39, 0.29) is 11.9 Å². The van der Waals surface area contributed by atoms with Gasteiger partial charge in [0, 0.05) is 22.2 Å². The molecule has 0 fully saturated rings. The Kier molecular flexibility index (Phi) is 4.35. The number of imidazole rings is 1. The molecular weight excluding hydrogens is 310 g/mol. The molecule has 0 unspecified atom stereocenters. The summed E-state index contributed by atoms with van der Waals surface area (Å²) in [5.74, 6) is 0.707. The summed E-state index contributed by atoms with van der Waals surface area (Å²) in [4.78, 5) is 19.9. The maximum Gasteiger partial charge on any atom is 0.251 e. The van der Waals surface area contributed by atoms with Gasteiger partial charge >= 0.3 is 0 Å². The molecule has 1 amide bonds. The molecule has 4 nitrogen and oxygen atoms in total. The van der Waals surface area contributed by atoms with Crippen LogP contribution in [0.5, 0.6) is 0 Å². The number of benzene rings is 2. The first-order valence-corrected chi connectivity index (χ1v) is 8.01. The van der Waals surface area contributed by atoms with Crippen molar-refractivity contribution in [3.05, 3.63) is 53.1 Å². The molecule has 1 atom stereocenters. The summed E-state index contributed by atoms with van der Waals surface area (Å²) in [6, 6.07) is 13.1. The molecule has 1 heterocycles. The van der Waals surface area contributed by atoms with Crippen LogP contribution in [0.25, 0.3) is 22.4 Å². The zero-order chi connectivity index (χ0) is 16.4. The Balaban J connectivity index is 1.84. The van der Waals surface area contributed by atoms with Crippen molar-refractivity contribution in [1.82, 2.24) is 15.3 Å². The van der Waals surface area contributed by atoms with Crippen molar-refractivity contribution in [1.29, 1.82) is 0 Å². The highest BCUT2D eigenvalue weighted by Crippen LogP contribution is 2.23. The first-order chi connectivity index (χ1) is 11.1. The zero-order valence-electron chi connectivity index (χ0n) is 13.1. The van der Waals surface area contributed by atoms with Crippen LogP contribution in [0.4, 0.5) is 0 Å². The van der Waals surface area contributed by atoms with Crippen molar-refractivity contribution in [2.75, 3.05) is 0 Å². The molecule has 118 valence electrons. The lowest BCUT2D eigenvalue weighted by Crippen LogP contribution is -2.31. The van der Waals surface area contributed by atoms with E-state index in [0.717, 1.165) is 28.8 Å². The number of halogens is 1. The van der Waals surface area contributed by atoms with Gasteiger partial charge in [0.25, 0.3) is 5.91 Å². The number of hydrogen-bond acceptors (Lipinski definition) is 2. The molecule has 0 aliphatic rings. The highest BCUT2D eigenvalue weighted by molar-refractivity contribution is 6.31. The van der Waals surface area contributed by atoms with Crippen LogP contribution in [0.2, 0.25) is 5.02 Å². The fourth-order valence-electron chi connectivity index (χ4n) is 2.31. The van der Waals surface area contributed by atoms with Gasteiger partial charge in [0.1, 0.15) is 5.82 Å². The monoisotopic (exact) mass is 327 g/mol. The Bertz CT molecular complexity index is 839. The van der Waals surface area contributed by atoms with E-state index in [4.69, 9.17) is 11.6 Å². The lowest BCUT2D eigenvalue weighted by Gasteiger charge is -2.11. The van der Waals surface area contributed by atoms with E-state index in [1.54, 1.807) is 0 Å². The smallest absolute Gasteiger partial charge is 0.251 e. The van der Waals surface area contributed by atoms with Crippen LogP contribution >= 0.6 is 11.6 Å². The fourth-order valence-corrected chi connectivity index (χ4v) is 2.48. The number of rotatable bonds is 4. The van der Waals surface area contributed by atoms with Gasteiger partial charge in [-0.25, -0.2) is 4.98 Å². The van der Waals surface area contributed by atoms with E-state index in [2.05, 4.69) is 15.3 Å². The van der Waals surface area contributed by atoms with E-state index >= 15 is 0 Å². The minimum atomic E-state index is -0.0534. The van der Waals surface area contributed by atoms with E-state index in [0.29, 0.717) is 10.6 Å². The van der Waals surface area contributed by atoms with E-state index in [9.17, 15) is 4.79 Å². The molecule has 2 N–H and O–H groups in total. The first kappa shape index (κ1) is 15.6. The van der Waals surface area contributed by atoms with Crippen LogP contribution in [-0.4, -0.2) is 21.9 Å². The molecule has 5 heteroatoms. The Morgan fingerprint density at radius 2 is 2.00 bits per heavy atom. The SMILES string of the molecule is CC[C@H](C)NC(=O)c1ccc(-c2nc3ccc(Cl)cc3[nH]2)cc1. The second-order valence-corrected chi connectivity index (χ2v) is 6.04. The second kappa shape index (κ2) is 6.42. The molecule has 0 aliphatic carbocycles. The third-order valence-corrected chi connectivity index (χ3v) is 4.09. The number of nitrogens with zero attached hydrogens (tertiary/aromatic N) is 1. The number of aromatic amines is 1. The van der Waals surface area contributed by atoms with Gasteiger partial charge in [-0.05, 0) is 43.7 Å². The van der Waals surface area contributed by atoms with Crippen LogP contribution in [0.3, 0.4) is 0 Å². The molecule has 3 rings (SSSR count). The van der Waals surface area contributed by atoms with Crippen LogP contribution in [-0.2, 0) is 0 Å². The Hall–Kier alpha value is -2.33. The summed E-state index contributed by atoms with van der Waals surface area (Å²) in [6.07, 6.45) is 0.908. The number of hydrogen-bond donors (Lipinski definition) is 2. The summed E-state index contributed by atoms with van der Waals surface area (Å²) in [6.45, 7) is 4.04. The molecule has 0 saturated carbocycles. The summed E-state index contributed by atoms with van der Waals surface area (Å²) >= 11 is 5.99. The maximum absolute atomic E-state index is 12.1. The number of fused-ring (bicyclic) bond motifs is 1. The largest absolute Gasteiger partial charge is 0.350 e. The predicted molar refractivity (Wildman–Crippen MR) is 93.8 cm³/mol. The molecule has 0 radical (unpaired) electrons. The number of H-pyrrole nitrogens is 1. The normalized spacial score (nSPS) is 12.3. The predicted octanol–water partition coefficient (Wildman–Crippen LogP) is 4.41. The molecule has 0 saturated heterocycles. The van der Waals surface area contributed by atoms with Gasteiger partial charge in [-0.15, -0.1) is 0 Å². The van der Waals surface area contributed by atoms with E-state index < -0.39 is 0 Å². The third-order valence-electron chi connectivity index (χ3n) is 3.85. The summed E-state index contributed by atoms with van der Waals surface area (Å²) < 4.78 is 0. The van der Waals surface area contributed by atoms with Gasteiger partial charge in [-0.2, -0.15) is 0 Å². The van der Waals surface area contributed by atoms with Crippen molar-refractivity contribution in [2.45, 2.75) is 26.3 Å². The number of nitrogens with one attached hydrogen (secondary N) is 2. The quantitative estimate of drug-likeness (QED) is 0.745. The average Bonchev–Trinajstić information content (AvgIpc) is 2.97. The fraction of sp³-hybridized carbons (Fsp3) is 0.222. The Morgan fingerprint density at radius 3 is 2.70 bits per heavy atom. The average molecular weight is 328 g/mol. The topological polar surface area (TPSA) is 57.8 Å². The van der Waals surface area contributed by atoms with Crippen molar-refractivity contribution >= 4 is 28.5 Å². The van der Waals surface area contributed by atoms with Gasteiger partial charge < -0.3 is 10.3 Å². The number of carbonyl (C=O) groups excluding carboxylic acids is 1. The molecular formula is C18H18ClN3O. The Morgan fingerprint density at radius 1 is 1.26 bits per heavy atom. The molecule has 3 aromatic rings. The van der Waals surface area contributed by atoms with Gasteiger partial charge in [0.15, 0.2) is 0 Å². The third kappa shape index (κ3) is 3.37. The summed E-state index contributed by atoms with van der Waals surface area (Å²) in [7, 11) is 0. The Labute approximate surface area is 139 Å². The highest BCUT2D eigenvalue weighted by Gasteiger charge is 2.10. The number of aromatic nitrogens is 2. The van der Waals surface area contributed by atoms with Crippen molar-refractivity contribution in [3.8, 4) is 11.4 Å². The van der Waals surface area contributed by atoms with Gasteiger partial charge in [0.2, 0.25) is 0 Å². The first-order valence-electron chi connectivity index (χ1n) is 7.63. The second-order valence-electron chi connectivity index (χ2n) is 5.61. The van der Waals surface area contributed by atoms with Gasteiger partial charge in [-0.1, -0.05) is 30.7 Å². The lowest BCUT2D eigenvalue weighted by atomic mass is 10.1. The van der Waals surface area contributed by atoms with Gasteiger partial charge in [-0.3, -0.25) is 4.79 Å². The summed E-state index contributed by atoms with van der Waals surface area (Å²) in [5.41, 5.74) is 3.33. The molecule has 1 aromatic heterocycles. The van der Waals surface area contributed by atoms with E-state index in [1.165, 1.54) is 0 Å². The van der Waals surface area contributed by atoms with Crippen LogP contribution in [0.15, 0.2) is 42.5 Å². The number of amides is 1. The molecule has 0 spiro atoms. The minimum absolute atomic E-state index is 0.0534. The molecule has 0 aliphatic heterocycles. The maximum atomic E-state index is 12.1. The van der Waals surface area contributed by atoms with E-state index in [1.807, 2.05) is 56.3 Å². The van der Waals surface area contributed by atoms with Crippen LogP contribution in [0, 0.1) is 0 Å². The van der Waals surface area contributed by atoms with Crippen LogP contribution in [0.1, 0.15) is 30.6 Å². The van der Waals surface area contributed by atoms with Crippen LogP contribution < -0.4 is 5.32 Å². The highest BCUT2D eigenvalue weighted by atomic mass is 35.5. The lowest BCUT2D eigenvalue weighted by molar-refractivity contribution is 0.0939. The molecule has 2 aromatic carbocycles. The minimum Gasteiger partial charge on any atom is -0.350 e. The molecule has 23 heavy (non-hydrogen) atoms. The summed E-state index contributed by atoms with van der Waals surface area (Å²) in [5, 5.41) is 3.63. The number of carbonyl (C=O) groups is 1. The zero-order valence-corrected chi connectivity index (χ0v) is 13.8. The standard InChI is InChI=1S/C18H18ClN3O/c1-3-11(2)20-18(23)13-6-4-12(5-7-13)17-21-15-9-8-14(19)10-16(15)22-17/h4-11H,3H2,1-2H3,(H,20,23)(H,21,22)/t11-/m0/s1.